The van der Waals surface area contributed by atoms with Crippen molar-refractivity contribution in [3.8, 4) is 5.75 Å². The van der Waals surface area contributed by atoms with E-state index in [1.165, 1.54) is 6.42 Å². The van der Waals surface area contributed by atoms with Gasteiger partial charge < -0.3 is 15.3 Å². The number of phenolic OH excluding ortho intramolecular Hbond substituents is 1. The summed E-state index contributed by atoms with van der Waals surface area (Å²) in [5.74, 6) is 0.755. The second kappa shape index (κ2) is 7.06. The molecule has 0 spiro atoms. The number of carbonyl (C=O) groups is 1. The predicted molar refractivity (Wildman–Crippen MR) is 110 cm³/mol. The number of fused-ring (bicyclic) bond motifs is 1. The maximum Gasteiger partial charge on any atom is 0.258 e. The molecule has 150 valence electrons. The van der Waals surface area contributed by atoms with Crippen LogP contribution in [0.1, 0.15) is 55.6 Å². The van der Waals surface area contributed by atoms with Crippen molar-refractivity contribution in [2.45, 2.75) is 44.4 Å². The average Bonchev–Trinajstić information content (AvgIpc) is 2.73. The lowest BCUT2D eigenvalue weighted by Gasteiger charge is -2.34. The molecule has 0 radical (unpaired) electrons. The summed E-state index contributed by atoms with van der Waals surface area (Å²) in [5.41, 5.74) is 2.43. The van der Waals surface area contributed by atoms with E-state index in [-0.39, 0.29) is 17.1 Å². The molecule has 0 bridgehead atoms. The van der Waals surface area contributed by atoms with Gasteiger partial charge in [0.2, 0.25) is 5.95 Å². The molecule has 5 rings (SSSR count). The summed E-state index contributed by atoms with van der Waals surface area (Å²) in [4.78, 5) is 35.9. The number of aromatic hydroxyl groups is 1. The third-order valence-electron chi connectivity index (χ3n) is 6.10. The Balaban J connectivity index is 1.68. The number of aromatic amines is 1. The summed E-state index contributed by atoms with van der Waals surface area (Å²) < 4.78 is 0. The maximum absolute atomic E-state index is 13.2. The Morgan fingerprint density at radius 2 is 1.90 bits per heavy atom. The first-order valence-corrected chi connectivity index (χ1v) is 10.3. The zero-order valence-electron chi connectivity index (χ0n) is 16.2. The second-order valence-corrected chi connectivity index (χ2v) is 8.02. The fourth-order valence-electron chi connectivity index (χ4n) is 4.74. The number of benzene rings is 1. The lowest BCUT2D eigenvalue weighted by molar-refractivity contribution is -0.116. The van der Waals surface area contributed by atoms with Crippen LogP contribution < -0.4 is 15.8 Å². The number of hydrogen-bond donors (Lipinski definition) is 3. The average molecular weight is 392 g/mol. The van der Waals surface area contributed by atoms with Crippen LogP contribution in [-0.4, -0.2) is 33.9 Å². The van der Waals surface area contributed by atoms with Gasteiger partial charge in [-0.25, -0.2) is 0 Å². The van der Waals surface area contributed by atoms with Crippen LogP contribution in [0.2, 0.25) is 0 Å². The van der Waals surface area contributed by atoms with Crippen LogP contribution >= 0.6 is 0 Å². The molecule has 3 heterocycles. The molecule has 1 aromatic heterocycles. The second-order valence-electron chi connectivity index (χ2n) is 8.02. The van der Waals surface area contributed by atoms with Crippen molar-refractivity contribution in [2.75, 3.05) is 23.3 Å². The largest absolute Gasteiger partial charge is 0.508 e. The van der Waals surface area contributed by atoms with Gasteiger partial charge in [0.15, 0.2) is 5.78 Å². The zero-order valence-corrected chi connectivity index (χ0v) is 16.2. The number of phenols is 1. The third kappa shape index (κ3) is 3.10. The highest BCUT2D eigenvalue weighted by Crippen LogP contribution is 2.44. The SMILES string of the molecule is O=C1CCCC2=C1C(c1cccc(O)c1)c1c(nc(N3CCCCC3)[nH]c1=O)N2. The fraction of sp³-hybridized carbons (Fsp3) is 0.409. The quantitative estimate of drug-likeness (QED) is 0.727. The van der Waals surface area contributed by atoms with Crippen molar-refractivity contribution >= 4 is 17.5 Å². The Labute approximate surface area is 168 Å². The normalized spacial score (nSPS) is 21.4. The number of carbonyl (C=O) groups excluding carboxylic acids is 1. The molecule has 3 N–H and O–H groups in total. The first kappa shape index (κ1) is 18.0. The van der Waals surface area contributed by atoms with Crippen molar-refractivity contribution in [3.05, 3.63) is 57.0 Å². The highest BCUT2D eigenvalue weighted by molar-refractivity contribution is 6.00. The lowest BCUT2D eigenvalue weighted by Crippen LogP contribution is -2.36. The number of Topliss-reactive ketones (excluding diaryl/α,β-unsaturated/α-hetero) is 1. The third-order valence-corrected chi connectivity index (χ3v) is 6.10. The van der Waals surface area contributed by atoms with E-state index in [0.29, 0.717) is 29.3 Å². The molecule has 0 saturated carbocycles. The number of H-pyrrole nitrogens is 1. The highest BCUT2D eigenvalue weighted by atomic mass is 16.3. The number of aromatic nitrogens is 2. The Bertz CT molecular complexity index is 1070. The highest BCUT2D eigenvalue weighted by Gasteiger charge is 2.38. The van der Waals surface area contributed by atoms with Crippen LogP contribution in [0.3, 0.4) is 0 Å². The van der Waals surface area contributed by atoms with Gasteiger partial charge in [-0.15, -0.1) is 0 Å². The van der Waals surface area contributed by atoms with Gasteiger partial charge in [-0.05, 0) is 49.8 Å². The van der Waals surface area contributed by atoms with Crippen molar-refractivity contribution in [1.82, 2.24) is 9.97 Å². The molecule has 7 heteroatoms. The molecule has 1 aromatic carbocycles. The molecule has 1 fully saturated rings. The summed E-state index contributed by atoms with van der Waals surface area (Å²) in [7, 11) is 0. The molecule has 3 aliphatic rings. The van der Waals surface area contributed by atoms with Crippen LogP contribution in [0.25, 0.3) is 0 Å². The van der Waals surface area contributed by atoms with E-state index in [0.717, 1.165) is 50.0 Å². The zero-order chi connectivity index (χ0) is 20.0. The van der Waals surface area contributed by atoms with Gasteiger partial charge in [-0.1, -0.05) is 12.1 Å². The Kier molecular flexibility index (Phi) is 4.38. The molecular weight excluding hydrogens is 368 g/mol. The first-order valence-electron chi connectivity index (χ1n) is 10.3. The van der Waals surface area contributed by atoms with E-state index in [2.05, 4.69) is 15.2 Å². The Morgan fingerprint density at radius 3 is 2.69 bits per heavy atom. The molecule has 7 nitrogen and oxygen atoms in total. The minimum atomic E-state index is -0.521. The molecule has 1 saturated heterocycles. The monoisotopic (exact) mass is 392 g/mol. The van der Waals surface area contributed by atoms with Crippen LogP contribution in [0.5, 0.6) is 5.75 Å². The van der Waals surface area contributed by atoms with E-state index < -0.39 is 5.92 Å². The van der Waals surface area contributed by atoms with Gasteiger partial charge in [0, 0.05) is 36.7 Å². The minimum absolute atomic E-state index is 0.0530. The van der Waals surface area contributed by atoms with Gasteiger partial charge in [0.1, 0.15) is 11.6 Å². The summed E-state index contributed by atoms with van der Waals surface area (Å²) in [6.07, 6.45) is 5.39. The van der Waals surface area contributed by atoms with E-state index in [1.807, 2.05) is 6.07 Å². The molecule has 2 aliphatic heterocycles. The van der Waals surface area contributed by atoms with Gasteiger partial charge in [0.25, 0.3) is 5.56 Å². The Morgan fingerprint density at radius 1 is 1.07 bits per heavy atom. The molecule has 2 aromatic rings. The lowest BCUT2D eigenvalue weighted by atomic mass is 9.76. The molecule has 1 unspecified atom stereocenters. The summed E-state index contributed by atoms with van der Waals surface area (Å²) >= 11 is 0. The van der Waals surface area contributed by atoms with Crippen molar-refractivity contribution in [2.24, 2.45) is 0 Å². The van der Waals surface area contributed by atoms with Crippen molar-refractivity contribution in [3.63, 3.8) is 0 Å². The van der Waals surface area contributed by atoms with Crippen molar-refractivity contribution in [1.29, 1.82) is 0 Å². The smallest absolute Gasteiger partial charge is 0.258 e. The number of ketones is 1. The molecule has 1 aliphatic carbocycles. The molecule has 29 heavy (non-hydrogen) atoms. The number of allylic oxidation sites excluding steroid dienone is 2. The van der Waals surface area contributed by atoms with Crippen LogP contribution in [0, 0.1) is 0 Å². The number of rotatable bonds is 2. The van der Waals surface area contributed by atoms with E-state index in [9.17, 15) is 14.7 Å². The first-order chi connectivity index (χ1) is 14.1. The summed E-state index contributed by atoms with van der Waals surface area (Å²) in [5, 5.41) is 13.3. The molecule has 0 amide bonds. The summed E-state index contributed by atoms with van der Waals surface area (Å²) in [6, 6.07) is 6.81. The Hall–Kier alpha value is -3.09. The van der Waals surface area contributed by atoms with E-state index >= 15 is 0 Å². The topological polar surface area (TPSA) is 98.3 Å². The van der Waals surface area contributed by atoms with Gasteiger partial charge >= 0.3 is 0 Å². The van der Waals surface area contributed by atoms with Gasteiger partial charge in [-0.3, -0.25) is 14.6 Å². The number of hydrogen-bond acceptors (Lipinski definition) is 6. The molecular formula is C22H24N4O3. The number of nitrogens with one attached hydrogen (secondary N) is 2. The van der Waals surface area contributed by atoms with Crippen molar-refractivity contribution < 1.29 is 9.90 Å². The number of nitrogens with zero attached hydrogens (tertiary/aromatic N) is 2. The van der Waals surface area contributed by atoms with E-state index in [4.69, 9.17) is 4.98 Å². The van der Waals surface area contributed by atoms with Crippen LogP contribution in [0.4, 0.5) is 11.8 Å². The predicted octanol–water partition coefficient (Wildman–Crippen LogP) is 3.03. The van der Waals surface area contributed by atoms with Crippen LogP contribution in [0.15, 0.2) is 40.3 Å². The van der Waals surface area contributed by atoms with Gasteiger partial charge in [-0.2, -0.15) is 4.98 Å². The molecule has 1 atom stereocenters. The van der Waals surface area contributed by atoms with Crippen LogP contribution in [-0.2, 0) is 4.79 Å². The minimum Gasteiger partial charge on any atom is -0.508 e. The maximum atomic E-state index is 13.2. The fourth-order valence-corrected chi connectivity index (χ4v) is 4.74. The number of piperidine rings is 1. The number of anilines is 2. The van der Waals surface area contributed by atoms with Gasteiger partial charge in [0.05, 0.1) is 5.56 Å². The van der Waals surface area contributed by atoms with E-state index in [1.54, 1.807) is 18.2 Å². The summed E-state index contributed by atoms with van der Waals surface area (Å²) in [6.45, 7) is 1.76. The standard InChI is InChI=1S/C22H24N4O3/c27-14-7-4-6-13(12-14)17-18-15(8-5-9-16(18)28)23-20-19(17)21(29)25-22(24-20)26-10-2-1-3-11-26/h4,6-7,12,17,27H,1-3,5,8-11H2,(H2,23,24,25,29).